The first-order chi connectivity index (χ1) is 31.1. The van der Waals surface area contributed by atoms with Gasteiger partial charge < -0.3 is 34.3 Å². The Hall–Kier alpha value is -1.68. The fourth-order valence-corrected chi connectivity index (χ4v) is 8.33. The van der Waals surface area contributed by atoms with Crippen LogP contribution in [-0.4, -0.2) is 97.5 Å². The molecule has 0 aromatic carbocycles. The van der Waals surface area contributed by atoms with Gasteiger partial charge in [0.1, 0.15) is 30.5 Å². The summed E-state index contributed by atoms with van der Waals surface area (Å²) in [7, 11) is -5.06. The number of hydrogen-bond acceptors (Lipinski definition) is 11. The van der Waals surface area contributed by atoms with Crippen LogP contribution >= 0.6 is 0 Å². The normalized spacial score (nSPS) is 20.0. The molecule has 0 bridgehead atoms. The lowest BCUT2D eigenvalue weighted by atomic mass is 9.99. The smallest absolute Gasteiger partial charge is 0.397 e. The fourth-order valence-electron chi connectivity index (χ4n) is 7.82. The van der Waals surface area contributed by atoms with E-state index in [-0.39, 0.29) is 19.6 Å². The highest BCUT2D eigenvalue weighted by molar-refractivity contribution is 7.80. The van der Waals surface area contributed by atoms with Gasteiger partial charge in [0.15, 0.2) is 6.29 Å². The molecule has 64 heavy (non-hydrogen) atoms. The molecule has 1 fully saturated rings. The van der Waals surface area contributed by atoms with Crippen LogP contribution in [0.4, 0.5) is 0 Å². The molecule has 0 spiro atoms. The quantitative estimate of drug-likeness (QED) is 0.0197. The molecule has 1 aliphatic heterocycles. The molecule has 0 radical (unpaired) electrons. The second kappa shape index (κ2) is 42.7. The summed E-state index contributed by atoms with van der Waals surface area (Å²) in [6, 6.07) is 0. The van der Waals surface area contributed by atoms with Gasteiger partial charge in [-0.3, -0.25) is 9.35 Å². The molecule has 0 saturated carbocycles. The van der Waals surface area contributed by atoms with Crippen molar-refractivity contribution in [3.8, 4) is 0 Å². The molecule has 1 saturated heterocycles. The van der Waals surface area contributed by atoms with E-state index in [9.17, 15) is 33.1 Å². The van der Waals surface area contributed by atoms with Crippen molar-refractivity contribution in [3.63, 3.8) is 0 Å². The van der Waals surface area contributed by atoms with Crippen molar-refractivity contribution < 1.29 is 56.2 Å². The summed E-state index contributed by atoms with van der Waals surface area (Å²) in [5.74, 6) is -0.402. The predicted octanol–water partition coefficient (Wildman–Crippen LogP) is 11.7. The Morgan fingerprint density at radius 2 is 1.06 bits per heavy atom. The average Bonchev–Trinajstić information content (AvgIpc) is 3.27. The standard InChI is InChI=1S/C51H94O12S/c1-3-5-7-9-11-13-15-17-19-20-21-22-23-24-25-26-27-28-30-32-34-36-38-40-47(53)61-45(43-59-41-39-37-35-33-31-29-18-16-14-12-10-8-6-4-2)44-60-51-49(55)50(63-64(56,57)58)48(54)46(42-52)62-51/h8,10,14,16,20-21,45-46,48-52,54-55H,3-7,9,11-13,15,17-19,22-44H2,1-2H3,(H,56,57,58)/b10-8-,16-14-,21-20-. The van der Waals surface area contributed by atoms with Crippen LogP contribution < -0.4 is 0 Å². The van der Waals surface area contributed by atoms with E-state index in [1.807, 2.05) is 0 Å². The minimum Gasteiger partial charge on any atom is -0.457 e. The summed E-state index contributed by atoms with van der Waals surface area (Å²) in [6.45, 7) is 3.92. The van der Waals surface area contributed by atoms with Crippen molar-refractivity contribution in [3.05, 3.63) is 36.5 Å². The van der Waals surface area contributed by atoms with Crippen LogP contribution in [0.3, 0.4) is 0 Å². The summed E-state index contributed by atoms with van der Waals surface area (Å²) in [6.07, 6.45) is 41.8. The zero-order chi connectivity index (χ0) is 46.8. The summed E-state index contributed by atoms with van der Waals surface area (Å²) >= 11 is 0. The first-order valence-corrected chi connectivity index (χ1v) is 27.1. The lowest BCUT2D eigenvalue weighted by Crippen LogP contribution is -2.60. The van der Waals surface area contributed by atoms with Crippen molar-refractivity contribution in [1.82, 2.24) is 0 Å². The van der Waals surface area contributed by atoms with E-state index < -0.39 is 59.8 Å². The summed E-state index contributed by atoms with van der Waals surface area (Å²) in [5.41, 5.74) is 0. The van der Waals surface area contributed by atoms with Crippen LogP contribution in [0.1, 0.15) is 219 Å². The lowest BCUT2D eigenvalue weighted by molar-refractivity contribution is -0.301. The van der Waals surface area contributed by atoms with Crippen LogP contribution in [0.2, 0.25) is 0 Å². The van der Waals surface area contributed by atoms with Gasteiger partial charge in [0.2, 0.25) is 0 Å². The Morgan fingerprint density at radius 1 is 0.594 bits per heavy atom. The second-order valence-corrected chi connectivity index (χ2v) is 18.8. The third kappa shape index (κ3) is 35.5. The van der Waals surface area contributed by atoms with Crippen molar-refractivity contribution in [2.75, 3.05) is 26.4 Å². The molecule has 12 nitrogen and oxygen atoms in total. The Kier molecular flexibility index (Phi) is 40.2. The van der Waals surface area contributed by atoms with Gasteiger partial charge >= 0.3 is 16.4 Å². The van der Waals surface area contributed by atoms with E-state index in [0.29, 0.717) is 13.0 Å². The SMILES string of the molecule is CCC/C=C\C/C=C\CCCCCCCCOCC(COC1OC(CO)C(O)C(OS(=O)(=O)O)C1O)OC(=O)CCCCCCCCCCCCC/C=C\CCCCCCCCCC. The van der Waals surface area contributed by atoms with Gasteiger partial charge in [-0.1, -0.05) is 185 Å². The topological polar surface area (TPSA) is 178 Å². The number of hydrogen-bond donors (Lipinski definition) is 4. The first-order valence-electron chi connectivity index (χ1n) is 25.7. The molecule has 1 aliphatic rings. The van der Waals surface area contributed by atoms with E-state index in [0.717, 1.165) is 64.2 Å². The number of esters is 1. The molecule has 4 N–H and O–H groups in total. The van der Waals surface area contributed by atoms with Crippen molar-refractivity contribution >= 4 is 16.4 Å². The zero-order valence-corrected chi connectivity index (χ0v) is 41.2. The van der Waals surface area contributed by atoms with Gasteiger partial charge in [-0.15, -0.1) is 0 Å². The number of allylic oxidation sites excluding steroid dienone is 6. The van der Waals surface area contributed by atoms with Gasteiger partial charge in [-0.05, 0) is 64.2 Å². The molecular weight excluding hydrogens is 837 g/mol. The number of carbonyl (C=O) groups is 1. The zero-order valence-electron chi connectivity index (χ0n) is 40.3. The van der Waals surface area contributed by atoms with Crippen LogP contribution in [0.15, 0.2) is 36.5 Å². The van der Waals surface area contributed by atoms with Crippen LogP contribution in [0, 0.1) is 0 Å². The van der Waals surface area contributed by atoms with Crippen LogP contribution in [0.25, 0.3) is 0 Å². The number of ether oxygens (including phenoxy) is 4. The maximum Gasteiger partial charge on any atom is 0.397 e. The molecule has 13 heteroatoms. The molecule has 1 heterocycles. The van der Waals surface area contributed by atoms with E-state index in [1.54, 1.807) is 0 Å². The molecule has 0 aliphatic carbocycles. The predicted molar refractivity (Wildman–Crippen MR) is 257 cm³/mol. The molecule has 0 aromatic heterocycles. The van der Waals surface area contributed by atoms with Crippen molar-refractivity contribution in [2.45, 2.75) is 256 Å². The highest BCUT2D eigenvalue weighted by Crippen LogP contribution is 2.26. The summed E-state index contributed by atoms with van der Waals surface area (Å²) < 4.78 is 59.2. The Balaban J connectivity index is 2.33. The van der Waals surface area contributed by atoms with E-state index in [4.69, 9.17) is 18.9 Å². The Labute approximate surface area is 390 Å². The Bertz CT molecular complexity index is 1260. The second-order valence-electron chi connectivity index (χ2n) is 17.8. The maximum atomic E-state index is 12.9. The van der Waals surface area contributed by atoms with Gasteiger partial charge in [-0.2, -0.15) is 8.42 Å². The Morgan fingerprint density at radius 3 is 1.56 bits per heavy atom. The van der Waals surface area contributed by atoms with Crippen molar-refractivity contribution in [1.29, 1.82) is 0 Å². The third-order valence-corrected chi connectivity index (χ3v) is 12.2. The van der Waals surface area contributed by atoms with Gasteiger partial charge in [-0.25, -0.2) is 4.18 Å². The number of aliphatic hydroxyl groups excluding tert-OH is 3. The number of carbonyl (C=O) groups excluding carboxylic acids is 1. The van der Waals surface area contributed by atoms with Crippen LogP contribution in [0.5, 0.6) is 0 Å². The molecule has 0 amide bonds. The molecule has 1 rings (SSSR count). The summed E-state index contributed by atoms with van der Waals surface area (Å²) in [4.78, 5) is 12.9. The molecule has 0 aromatic rings. The lowest BCUT2D eigenvalue weighted by Gasteiger charge is -2.41. The molecule has 376 valence electrons. The monoisotopic (exact) mass is 931 g/mol. The van der Waals surface area contributed by atoms with E-state index in [1.165, 1.54) is 128 Å². The van der Waals surface area contributed by atoms with Crippen LogP contribution in [-0.2, 0) is 38.3 Å². The largest absolute Gasteiger partial charge is 0.457 e. The molecule has 6 atom stereocenters. The fraction of sp³-hybridized carbons (Fsp3) is 0.863. The van der Waals surface area contributed by atoms with Gasteiger partial charge in [0.05, 0.1) is 19.8 Å². The van der Waals surface area contributed by atoms with Gasteiger partial charge in [0, 0.05) is 13.0 Å². The number of rotatable bonds is 45. The third-order valence-electron chi connectivity index (χ3n) is 11.7. The number of aliphatic hydroxyl groups is 3. The van der Waals surface area contributed by atoms with E-state index >= 15 is 0 Å². The molecule has 6 unspecified atom stereocenters. The van der Waals surface area contributed by atoms with E-state index in [2.05, 4.69) is 54.5 Å². The van der Waals surface area contributed by atoms with Crippen molar-refractivity contribution in [2.24, 2.45) is 0 Å². The maximum absolute atomic E-state index is 12.9. The van der Waals surface area contributed by atoms with Gasteiger partial charge in [0.25, 0.3) is 0 Å². The molecular formula is C51H94O12S. The highest BCUT2D eigenvalue weighted by atomic mass is 32.3. The summed E-state index contributed by atoms with van der Waals surface area (Å²) in [5, 5.41) is 30.7. The average molecular weight is 931 g/mol. The number of unbranched alkanes of at least 4 members (excludes halogenated alkanes) is 26. The highest BCUT2D eigenvalue weighted by Gasteiger charge is 2.48. The minimum absolute atomic E-state index is 0.0297. The first kappa shape index (κ1) is 60.3. The minimum atomic E-state index is -5.06.